The van der Waals surface area contributed by atoms with Crippen molar-refractivity contribution in [3.8, 4) is 0 Å². The maximum absolute atomic E-state index is 13.7. The molecular weight excluding hydrogens is 294 g/mol. The van der Waals surface area contributed by atoms with E-state index >= 15 is 0 Å². The average Bonchev–Trinajstić information content (AvgIpc) is 2.54. The van der Waals surface area contributed by atoms with Gasteiger partial charge < -0.3 is 20.9 Å². The number of rotatable bonds is 4. The fourth-order valence-corrected chi connectivity index (χ4v) is 2.28. The summed E-state index contributed by atoms with van der Waals surface area (Å²) in [5, 5.41) is 2.41. The first kappa shape index (κ1) is 16.2. The molecule has 0 aliphatic carbocycles. The van der Waals surface area contributed by atoms with Crippen molar-refractivity contribution in [2.45, 2.75) is 0 Å². The van der Waals surface area contributed by atoms with Gasteiger partial charge in [0.2, 0.25) is 11.8 Å². The molecule has 0 atom stereocenters. The molecule has 1 aliphatic rings. The smallest absolute Gasteiger partial charge is 0.242 e. The van der Waals surface area contributed by atoms with Crippen LogP contribution in [0.3, 0.4) is 0 Å². The van der Waals surface area contributed by atoms with E-state index in [2.05, 4.69) is 5.32 Å². The van der Waals surface area contributed by atoms with Crippen molar-refractivity contribution in [2.24, 2.45) is 5.73 Å². The Labute approximate surface area is 126 Å². The van der Waals surface area contributed by atoms with E-state index in [1.165, 1.54) is 0 Å². The van der Waals surface area contributed by atoms with E-state index in [0.29, 0.717) is 26.2 Å². The Morgan fingerprint density at radius 1 is 1.18 bits per heavy atom. The van der Waals surface area contributed by atoms with Crippen LogP contribution in [0, 0.1) is 11.6 Å². The summed E-state index contributed by atoms with van der Waals surface area (Å²) in [5.74, 6) is -1.61. The molecule has 3 N–H and O–H groups in total. The summed E-state index contributed by atoms with van der Waals surface area (Å²) in [6.45, 7) is 1.29. The lowest BCUT2D eigenvalue weighted by Crippen LogP contribution is -2.51. The molecule has 1 aromatic carbocycles. The van der Waals surface area contributed by atoms with Gasteiger partial charge in [0, 0.05) is 32.2 Å². The largest absolute Gasteiger partial charge is 0.366 e. The lowest BCUT2D eigenvalue weighted by atomic mass is 10.2. The zero-order chi connectivity index (χ0) is 16.1. The Morgan fingerprint density at radius 2 is 1.86 bits per heavy atom. The minimum Gasteiger partial charge on any atom is -0.366 e. The summed E-state index contributed by atoms with van der Waals surface area (Å²) in [7, 11) is 0. The fourth-order valence-electron chi connectivity index (χ4n) is 2.28. The lowest BCUT2D eigenvalue weighted by Gasteiger charge is -2.36. The summed E-state index contributed by atoms with van der Waals surface area (Å²) in [6, 6.07) is 3.30. The first-order chi connectivity index (χ1) is 10.5. The molecule has 1 aromatic rings. The number of carbonyl (C=O) groups is 2. The van der Waals surface area contributed by atoms with Crippen molar-refractivity contribution in [1.82, 2.24) is 10.2 Å². The Bertz CT molecular complexity index is 560. The summed E-state index contributed by atoms with van der Waals surface area (Å²) in [4.78, 5) is 26.2. The molecule has 0 aromatic heterocycles. The Kier molecular flexibility index (Phi) is 5.26. The monoisotopic (exact) mass is 312 g/mol. The van der Waals surface area contributed by atoms with Crippen LogP contribution in [0.2, 0.25) is 0 Å². The summed E-state index contributed by atoms with van der Waals surface area (Å²) in [5.41, 5.74) is 5.33. The summed E-state index contributed by atoms with van der Waals surface area (Å²) >= 11 is 0. The molecule has 2 amide bonds. The van der Waals surface area contributed by atoms with Crippen LogP contribution in [0.1, 0.15) is 0 Å². The Hall–Kier alpha value is -2.22. The van der Waals surface area contributed by atoms with Crippen molar-refractivity contribution in [3.63, 3.8) is 0 Å². The number of halogens is 2. The van der Waals surface area contributed by atoms with Gasteiger partial charge in [-0.1, -0.05) is 0 Å². The molecule has 6 nitrogen and oxygen atoms in total. The van der Waals surface area contributed by atoms with Crippen LogP contribution in [0.5, 0.6) is 0 Å². The Morgan fingerprint density at radius 3 is 2.50 bits per heavy atom. The van der Waals surface area contributed by atoms with Gasteiger partial charge in [0.25, 0.3) is 0 Å². The molecule has 0 saturated carbocycles. The van der Waals surface area contributed by atoms with Gasteiger partial charge in [0.05, 0.1) is 18.8 Å². The molecule has 2 rings (SSSR count). The second kappa shape index (κ2) is 7.17. The lowest BCUT2D eigenvalue weighted by molar-refractivity contribution is -0.132. The molecule has 22 heavy (non-hydrogen) atoms. The number of amides is 2. The molecule has 0 spiro atoms. The van der Waals surface area contributed by atoms with Crippen LogP contribution in [0.15, 0.2) is 18.2 Å². The molecule has 1 fully saturated rings. The summed E-state index contributed by atoms with van der Waals surface area (Å²) in [6.07, 6.45) is 0. The molecule has 1 aliphatic heterocycles. The number of nitrogens with two attached hydrogens (primary N) is 1. The first-order valence-corrected chi connectivity index (χ1v) is 6.96. The summed E-state index contributed by atoms with van der Waals surface area (Å²) < 4.78 is 26.9. The van der Waals surface area contributed by atoms with Crippen molar-refractivity contribution in [1.29, 1.82) is 0 Å². The highest BCUT2D eigenvalue weighted by Gasteiger charge is 2.23. The predicted octanol–water partition coefficient (Wildman–Crippen LogP) is -0.312. The van der Waals surface area contributed by atoms with Crippen molar-refractivity contribution in [3.05, 3.63) is 29.8 Å². The molecule has 8 heteroatoms. The SMILES string of the molecule is NCC(=O)NCC(=O)N1CCN(c2cc(F)ccc2F)CC1. The number of anilines is 1. The Balaban J connectivity index is 1.89. The van der Waals surface area contributed by atoms with Crippen molar-refractivity contribution >= 4 is 17.5 Å². The van der Waals surface area contributed by atoms with Gasteiger partial charge in [-0.15, -0.1) is 0 Å². The highest BCUT2D eigenvalue weighted by molar-refractivity contribution is 5.85. The molecule has 0 unspecified atom stereocenters. The van der Waals surface area contributed by atoms with Gasteiger partial charge in [-0.2, -0.15) is 0 Å². The van der Waals surface area contributed by atoms with Crippen LogP contribution in [-0.4, -0.2) is 56.0 Å². The molecule has 1 saturated heterocycles. The van der Waals surface area contributed by atoms with Crippen LogP contribution < -0.4 is 16.0 Å². The highest BCUT2D eigenvalue weighted by atomic mass is 19.1. The maximum Gasteiger partial charge on any atom is 0.242 e. The van der Waals surface area contributed by atoms with Gasteiger partial charge in [-0.05, 0) is 12.1 Å². The van der Waals surface area contributed by atoms with E-state index in [1.54, 1.807) is 9.80 Å². The minimum absolute atomic E-state index is 0.107. The van der Waals surface area contributed by atoms with Gasteiger partial charge in [0.1, 0.15) is 11.6 Å². The number of nitrogens with zero attached hydrogens (tertiary/aromatic N) is 2. The number of hydrogen-bond acceptors (Lipinski definition) is 4. The zero-order valence-corrected chi connectivity index (χ0v) is 12.0. The van der Waals surface area contributed by atoms with Crippen LogP contribution >= 0.6 is 0 Å². The average molecular weight is 312 g/mol. The van der Waals surface area contributed by atoms with Gasteiger partial charge in [-0.25, -0.2) is 8.78 Å². The van der Waals surface area contributed by atoms with Gasteiger partial charge in [-0.3, -0.25) is 9.59 Å². The normalized spacial score (nSPS) is 14.9. The van der Waals surface area contributed by atoms with E-state index in [0.717, 1.165) is 18.2 Å². The molecule has 1 heterocycles. The molecule has 120 valence electrons. The number of piperazine rings is 1. The number of hydrogen-bond donors (Lipinski definition) is 2. The predicted molar refractivity (Wildman–Crippen MR) is 77.2 cm³/mol. The van der Waals surface area contributed by atoms with Crippen LogP contribution in [0.25, 0.3) is 0 Å². The van der Waals surface area contributed by atoms with Gasteiger partial charge in [0.15, 0.2) is 0 Å². The van der Waals surface area contributed by atoms with Crippen molar-refractivity contribution in [2.75, 3.05) is 44.2 Å². The third-order valence-electron chi connectivity index (χ3n) is 3.50. The van der Waals surface area contributed by atoms with E-state index in [-0.39, 0.29) is 24.7 Å². The minimum atomic E-state index is -0.501. The van der Waals surface area contributed by atoms with Crippen LogP contribution in [0.4, 0.5) is 14.5 Å². The van der Waals surface area contributed by atoms with E-state index in [4.69, 9.17) is 5.73 Å². The van der Waals surface area contributed by atoms with Crippen LogP contribution in [-0.2, 0) is 9.59 Å². The number of carbonyl (C=O) groups excluding carboxylic acids is 2. The zero-order valence-electron chi connectivity index (χ0n) is 12.0. The number of nitrogens with one attached hydrogen (secondary N) is 1. The third-order valence-corrected chi connectivity index (χ3v) is 3.50. The highest BCUT2D eigenvalue weighted by Crippen LogP contribution is 2.21. The maximum atomic E-state index is 13.7. The van der Waals surface area contributed by atoms with E-state index < -0.39 is 17.5 Å². The second-order valence-corrected chi connectivity index (χ2v) is 4.94. The van der Waals surface area contributed by atoms with E-state index in [1.807, 2.05) is 0 Å². The quantitative estimate of drug-likeness (QED) is 0.799. The first-order valence-electron chi connectivity index (χ1n) is 6.96. The van der Waals surface area contributed by atoms with Gasteiger partial charge >= 0.3 is 0 Å². The van der Waals surface area contributed by atoms with Crippen molar-refractivity contribution < 1.29 is 18.4 Å². The van der Waals surface area contributed by atoms with E-state index in [9.17, 15) is 18.4 Å². The molecule has 0 radical (unpaired) electrons. The molecular formula is C14H18F2N4O2. The fraction of sp³-hybridized carbons (Fsp3) is 0.429. The third kappa shape index (κ3) is 3.91. The standard InChI is InChI=1S/C14H18F2N4O2/c15-10-1-2-11(16)12(7-10)19-3-5-20(6-4-19)14(22)9-18-13(21)8-17/h1-2,7H,3-6,8-9,17H2,(H,18,21). The second-order valence-electron chi connectivity index (χ2n) is 4.94. The number of benzene rings is 1. The topological polar surface area (TPSA) is 78.7 Å². The molecule has 0 bridgehead atoms.